The zero-order valence-electron chi connectivity index (χ0n) is 12.5. The Balaban J connectivity index is 3.12. The van der Waals surface area contributed by atoms with Gasteiger partial charge in [-0.15, -0.1) is 0 Å². The van der Waals surface area contributed by atoms with Crippen molar-refractivity contribution < 1.29 is 36.2 Å². The summed E-state index contributed by atoms with van der Waals surface area (Å²) in [6.45, 7) is 2.76. The van der Waals surface area contributed by atoms with Gasteiger partial charge in [0.25, 0.3) is 20.2 Å². The van der Waals surface area contributed by atoms with Crippen molar-refractivity contribution in [2.75, 3.05) is 0 Å². The number of hydrogen-bond donors (Lipinski definition) is 4. The van der Waals surface area contributed by atoms with Crippen LogP contribution in [0.3, 0.4) is 0 Å². The van der Waals surface area contributed by atoms with Crippen LogP contribution in [0.1, 0.15) is 11.1 Å². The Labute approximate surface area is 138 Å². The molecule has 0 aromatic heterocycles. The number of phenolic OH excluding ortho intramolecular Hbond substituents is 2. The molecule has 0 radical (unpaired) electrons. The summed E-state index contributed by atoms with van der Waals surface area (Å²) in [5.74, 6) is -1.28. The van der Waals surface area contributed by atoms with Gasteiger partial charge in [-0.3, -0.25) is 9.11 Å². The van der Waals surface area contributed by atoms with Gasteiger partial charge >= 0.3 is 0 Å². The lowest BCUT2D eigenvalue weighted by Gasteiger charge is -2.17. The van der Waals surface area contributed by atoms with Gasteiger partial charge in [0, 0.05) is 11.1 Å². The van der Waals surface area contributed by atoms with E-state index >= 15 is 0 Å². The van der Waals surface area contributed by atoms with Crippen LogP contribution in [0.5, 0.6) is 11.5 Å². The molecule has 0 bridgehead atoms. The van der Waals surface area contributed by atoms with Crippen molar-refractivity contribution in [3.05, 3.63) is 35.4 Å². The number of aromatic hydroxyl groups is 2. The normalized spacial score (nSPS) is 12.3. The molecule has 0 aliphatic rings. The molecule has 24 heavy (non-hydrogen) atoms. The second-order valence-corrected chi connectivity index (χ2v) is 7.92. The van der Waals surface area contributed by atoms with Crippen LogP contribution in [0.4, 0.5) is 0 Å². The van der Waals surface area contributed by atoms with Crippen LogP contribution in [0.25, 0.3) is 11.1 Å². The smallest absolute Gasteiger partial charge is 0.298 e. The van der Waals surface area contributed by atoms with Crippen LogP contribution in [0.15, 0.2) is 34.1 Å². The molecule has 0 saturated heterocycles. The third kappa shape index (κ3) is 3.08. The van der Waals surface area contributed by atoms with Crippen molar-refractivity contribution in [3.8, 4) is 22.6 Å². The summed E-state index contributed by atoms with van der Waals surface area (Å²) in [5, 5.41) is 20.3. The fraction of sp³-hybridized carbons (Fsp3) is 0.143. The largest absolute Gasteiger partial charge is 0.507 e. The predicted octanol–water partition coefficient (Wildman–Crippen LogP) is 1.88. The molecule has 0 aliphatic heterocycles. The Hall–Kier alpha value is -2.14. The molecule has 2 rings (SSSR count). The molecule has 4 N–H and O–H groups in total. The molecule has 0 amide bonds. The number of benzene rings is 2. The second-order valence-electron chi connectivity index (χ2n) is 5.14. The van der Waals surface area contributed by atoms with Gasteiger partial charge in [-0.2, -0.15) is 16.8 Å². The number of aryl methyl sites for hydroxylation is 1. The lowest BCUT2D eigenvalue weighted by molar-refractivity contribution is 0.441. The highest BCUT2D eigenvalue weighted by molar-refractivity contribution is 7.86. The van der Waals surface area contributed by atoms with Crippen molar-refractivity contribution in [2.45, 2.75) is 23.6 Å². The lowest BCUT2D eigenvalue weighted by Crippen LogP contribution is -2.08. The van der Waals surface area contributed by atoms with E-state index in [1.807, 2.05) is 0 Å². The molecule has 8 nitrogen and oxygen atoms in total. The van der Waals surface area contributed by atoms with Crippen LogP contribution in [-0.4, -0.2) is 36.2 Å². The minimum atomic E-state index is -5.00. The third-order valence-corrected chi connectivity index (χ3v) is 5.38. The standard InChI is InChI=1S/C14H14O8S2/c1-7-4-3-5-9(15)12(7)13-8(2)10(23(17,18)19)6-11(14(13)16)24(20,21)22/h3-6,15-16H,1-2H3,(H,17,18,19)(H,20,21,22). The fourth-order valence-corrected chi connectivity index (χ4v) is 3.91. The first-order chi connectivity index (χ1) is 10.9. The van der Waals surface area contributed by atoms with Gasteiger partial charge in [0.2, 0.25) is 0 Å². The van der Waals surface area contributed by atoms with Gasteiger partial charge in [0.1, 0.15) is 16.4 Å². The van der Waals surface area contributed by atoms with Crippen molar-refractivity contribution in [1.82, 2.24) is 0 Å². The van der Waals surface area contributed by atoms with Gasteiger partial charge in [0.05, 0.1) is 4.90 Å². The fourth-order valence-electron chi connectivity index (χ4n) is 2.47. The third-order valence-electron chi connectivity index (χ3n) is 3.53. The highest BCUT2D eigenvalue weighted by Gasteiger charge is 2.29. The van der Waals surface area contributed by atoms with E-state index < -0.39 is 35.8 Å². The minimum absolute atomic E-state index is 0.0251. The highest BCUT2D eigenvalue weighted by atomic mass is 32.2. The maximum Gasteiger partial charge on any atom is 0.298 e. The van der Waals surface area contributed by atoms with Crippen molar-refractivity contribution in [3.63, 3.8) is 0 Å². The summed E-state index contributed by atoms with van der Waals surface area (Å²) in [7, 11) is -9.85. The molecule has 2 aromatic carbocycles. The molecule has 0 saturated carbocycles. The first kappa shape index (κ1) is 18.2. The van der Waals surface area contributed by atoms with Crippen molar-refractivity contribution >= 4 is 20.2 Å². The zero-order chi connectivity index (χ0) is 18.4. The number of hydrogen-bond acceptors (Lipinski definition) is 6. The van der Waals surface area contributed by atoms with E-state index in [9.17, 15) is 36.2 Å². The monoisotopic (exact) mass is 374 g/mol. The molecule has 0 atom stereocenters. The van der Waals surface area contributed by atoms with Crippen LogP contribution in [0, 0.1) is 13.8 Å². The zero-order valence-corrected chi connectivity index (χ0v) is 14.2. The van der Waals surface area contributed by atoms with Gasteiger partial charge in [0.15, 0.2) is 0 Å². The molecular weight excluding hydrogens is 360 g/mol. The van der Waals surface area contributed by atoms with Crippen LogP contribution < -0.4 is 0 Å². The molecular formula is C14H14O8S2. The van der Waals surface area contributed by atoms with E-state index in [1.165, 1.54) is 19.1 Å². The van der Waals surface area contributed by atoms with Crippen LogP contribution in [0.2, 0.25) is 0 Å². The average molecular weight is 374 g/mol. The SMILES string of the molecule is Cc1cccc(O)c1-c1c(C)c(S(=O)(=O)O)cc(S(=O)(=O)O)c1O. The minimum Gasteiger partial charge on any atom is -0.507 e. The first-order valence-corrected chi connectivity index (χ1v) is 9.34. The van der Waals surface area contributed by atoms with Crippen molar-refractivity contribution in [1.29, 1.82) is 0 Å². The van der Waals surface area contributed by atoms with Crippen LogP contribution in [-0.2, 0) is 20.2 Å². The Morgan fingerprint density at radius 3 is 1.83 bits per heavy atom. The average Bonchev–Trinajstić information content (AvgIpc) is 2.38. The van der Waals surface area contributed by atoms with E-state index in [1.54, 1.807) is 13.0 Å². The summed E-state index contributed by atoms with van der Waals surface area (Å²) < 4.78 is 64.5. The molecule has 130 valence electrons. The number of rotatable bonds is 3. The molecule has 2 aromatic rings. The molecule has 0 aliphatic carbocycles. The van der Waals surface area contributed by atoms with E-state index in [0.717, 1.165) is 0 Å². The first-order valence-electron chi connectivity index (χ1n) is 6.46. The van der Waals surface area contributed by atoms with Crippen LogP contribution >= 0.6 is 0 Å². The summed E-state index contributed by atoms with van der Waals surface area (Å²) in [4.78, 5) is -1.91. The second kappa shape index (κ2) is 5.74. The molecule has 0 unspecified atom stereocenters. The summed E-state index contributed by atoms with van der Waals surface area (Å²) in [5.41, 5.74) is -0.134. The Bertz CT molecular complexity index is 960. The van der Waals surface area contributed by atoms with E-state index in [-0.39, 0.29) is 22.4 Å². The van der Waals surface area contributed by atoms with E-state index in [2.05, 4.69) is 0 Å². The quantitative estimate of drug-likeness (QED) is 0.595. The van der Waals surface area contributed by atoms with Crippen molar-refractivity contribution in [2.24, 2.45) is 0 Å². The van der Waals surface area contributed by atoms with Gasteiger partial charge in [-0.25, -0.2) is 0 Å². The molecule has 0 fully saturated rings. The summed E-state index contributed by atoms with van der Waals surface area (Å²) >= 11 is 0. The van der Waals surface area contributed by atoms with Gasteiger partial charge in [-0.05, 0) is 37.1 Å². The number of phenols is 2. The van der Waals surface area contributed by atoms with Gasteiger partial charge in [-0.1, -0.05) is 12.1 Å². The predicted molar refractivity (Wildman–Crippen MR) is 84.3 cm³/mol. The lowest BCUT2D eigenvalue weighted by atomic mass is 9.94. The Morgan fingerprint density at radius 2 is 1.38 bits per heavy atom. The van der Waals surface area contributed by atoms with Gasteiger partial charge < -0.3 is 10.2 Å². The Morgan fingerprint density at radius 1 is 0.833 bits per heavy atom. The maximum absolute atomic E-state index is 11.5. The molecule has 10 heteroatoms. The topological polar surface area (TPSA) is 149 Å². The summed E-state index contributed by atoms with van der Waals surface area (Å²) in [6.07, 6.45) is 0. The van der Waals surface area contributed by atoms with E-state index in [4.69, 9.17) is 0 Å². The maximum atomic E-state index is 11.5. The Kier molecular flexibility index (Phi) is 4.35. The molecule has 0 heterocycles. The summed E-state index contributed by atoms with van der Waals surface area (Å²) in [6, 6.07) is 4.75. The molecule has 0 spiro atoms. The van der Waals surface area contributed by atoms with E-state index in [0.29, 0.717) is 11.6 Å². The highest BCUT2D eigenvalue weighted by Crippen LogP contribution is 2.45.